The van der Waals surface area contributed by atoms with E-state index in [0.29, 0.717) is 32.7 Å². The summed E-state index contributed by atoms with van der Waals surface area (Å²) in [5, 5.41) is 16.0. The molecule has 0 bridgehead atoms. The van der Waals surface area contributed by atoms with E-state index in [1.807, 2.05) is 97.1 Å². The molecule has 0 aliphatic heterocycles. The van der Waals surface area contributed by atoms with Crippen LogP contribution in [0, 0.1) is 10.1 Å². The summed E-state index contributed by atoms with van der Waals surface area (Å²) in [5.41, 5.74) is 6.59. The molecule has 1 N–H and O–H groups in total. The van der Waals surface area contributed by atoms with Crippen molar-refractivity contribution in [2.45, 2.75) is 42.3 Å². The van der Waals surface area contributed by atoms with E-state index >= 15 is 0 Å². The number of non-ortho nitro benzene ring substituents is 1. The van der Waals surface area contributed by atoms with Crippen LogP contribution in [0.3, 0.4) is 0 Å². The van der Waals surface area contributed by atoms with Gasteiger partial charge in [-0.05, 0) is 60.7 Å². The van der Waals surface area contributed by atoms with Gasteiger partial charge in [-0.2, -0.15) is 0 Å². The molecule has 0 fully saturated rings. The summed E-state index contributed by atoms with van der Waals surface area (Å²) in [6, 6.07) is 36.3. The minimum absolute atomic E-state index is 0.0546. The van der Waals surface area contributed by atoms with Crippen molar-refractivity contribution in [2.75, 3.05) is 0 Å². The number of fused-ring (bicyclic) bond motifs is 1. The number of carbonyl (C=O) groups is 1. The van der Waals surface area contributed by atoms with Gasteiger partial charge in [0.15, 0.2) is 5.16 Å². The summed E-state index contributed by atoms with van der Waals surface area (Å²) >= 11 is 2.85. The number of hydrogen-bond donors (Lipinski definition) is 1. The number of carbonyl (C=O) groups excluding carboxylic acids is 1. The number of nitro groups is 1. The number of hydrogen-bond acceptors (Lipinski definition) is 8. The molecule has 1 aliphatic rings. The van der Waals surface area contributed by atoms with Crippen LogP contribution < -0.4 is 5.32 Å². The van der Waals surface area contributed by atoms with E-state index < -0.39 is 4.92 Å². The number of aliphatic imine (C=N–C) groups is 1. The van der Waals surface area contributed by atoms with Crippen molar-refractivity contribution >= 4 is 45.9 Å². The van der Waals surface area contributed by atoms with Crippen molar-refractivity contribution in [3.8, 4) is 22.5 Å². The summed E-state index contributed by atoms with van der Waals surface area (Å²) in [7, 11) is 0. The Bertz CT molecular complexity index is 2100. The lowest BCUT2D eigenvalue weighted by Gasteiger charge is -2.13. The summed E-state index contributed by atoms with van der Waals surface area (Å²) in [6.45, 7) is 0.409. The fourth-order valence-electron chi connectivity index (χ4n) is 5.80. The van der Waals surface area contributed by atoms with Crippen LogP contribution in [-0.2, 0) is 19.4 Å². The predicted molar refractivity (Wildman–Crippen MR) is 196 cm³/mol. The maximum atomic E-state index is 13.6. The molecule has 1 amide bonds. The second-order valence-corrected chi connectivity index (χ2v) is 13.6. The van der Waals surface area contributed by atoms with Crippen LogP contribution in [-0.4, -0.2) is 27.0 Å². The number of amides is 1. The maximum absolute atomic E-state index is 13.6. The normalized spacial score (nSPS) is 12.5. The molecule has 1 aliphatic carbocycles. The standard InChI is InChI=1S/C39H31N5O3S2/c45-37(40-24-26-12-4-1-5-13-26)36-31-18-10-11-19-35(31)48-38(36)41-25-29-22-30(44(46)47)20-21-34(29)49-39-42-32(27-14-6-2-7-15-27)23-33(43-39)28-16-8-3-9-17-28/h1-9,12-17,20-23,25H,10-11,18-19,24H2,(H,40,45). The molecule has 0 atom stereocenters. The predicted octanol–water partition coefficient (Wildman–Crippen LogP) is 9.49. The largest absolute Gasteiger partial charge is 0.348 e. The summed E-state index contributed by atoms with van der Waals surface area (Å²) in [6.07, 6.45) is 5.45. The molecular weight excluding hydrogens is 651 g/mol. The van der Waals surface area contributed by atoms with Gasteiger partial charge in [0, 0.05) is 51.4 Å². The average Bonchev–Trinajstić information content (AvgIpc) is 3.53. The molecule has 4 aromatic carbocycles. The number of rotatable bonds is 10. The molecule has 2 heterocycles. The zero-order valence-electron chi connectivity index (χ0n) is 26.4. The third kappa shape index (κ3) is 7.51. The van der Waals surface area contributed by atoms with Crippen molar-refractivity contribution in [1.29, 1.82) is 0 Å². The molecular formula is C39H31N5O3S2. The lowest BCUT2D eigenvalue weighted by molar-refractivity contribution is -0.384. The molecule has 49 heavy (non-hydrogen) atoms. The Balaban J connectivity index is 1.25. The third-order valence-electron chi connectivity index (χ3n) is 8.25. The zero-order valence-corrected chi connectivity index (χ0v) is 28.0. The molecule has 0 unspecified atom stereocenters. The highest BCUT2D eigenvalue weighted by atomic mass is 32.2. The van der Waals surface area contributed by atoms with Crippen LogP contribution >= 0.6 is 23.1 Å². The Morgan fingerprint density at radius 1 is 0.857 bits per heavy atom. The SMILES string of the molecule is O=C(NCc1ccccc1)c1c(N=Cc2cc([N+](=O)[O-])ccc2Sc2nc(-c3ccccc3)cc(-c3ccccc3)n2)sc2c1CCCC2. The van der Waals surface area contributed by atoms with Crippen molar-refractivity contribution in [1.82, 2.24) is 15.3 Å². The maximum Gasteiger partial charge on any atom is 0.270 e. The van der Waals surface area contributed by atoms with E-state index in [9.17, 15) is 14.9 Å². The first-order valence-electron chi connectivity index (χ1n) is 16.0. The van der Waals surface area contributed by atoms with Gasteiger partial charge in [0.05, 0.1) is 21.9 Å². The van der Waals surface area contributed by atoms with Crippen LogP contribution in [0.25, 0.3) is 22.5 Å². The Labute approximate surface area is 292 Å². The minimum Gasteiger partial charge on any atom is -0.348 e. The van der Waals surface area contributed by atoms with E-state index in [4.69, 9.17) is 15.0 Å². The smallest absolute Gasteiger partial charge is 0.270 e. The second kappa shape index (κ2) is 14.8. The molecule has 7 rings (SSSR count). The molecule has 0 saturated heterocycles. The van der Waals surface area contributed by atoms with Crippen LogP contribution in [0.2, 0.25) is 0 Å². The van der Waals surface area contributed by atoms with E-state index in [1.165, 1.54) is 40.1 Å². The fraction of sp³-hybridized carbons (Fsp3) is 0.128. The molecule has 6 aromatic rings. The molecule has 8 nitrogen and oxygen atoms in total. The van der Waals surface area contributed by atoms with Crippen LogP contribution in [0.1, 0.15) is 44.8 Å². The van der Waals surface area contributed by atoms with Crippen LogP contribution in [0.4, 0.5) is 10.7 Å². The Morgan fingerprint density at radius 3 is 2.14 bits per heavy atom. The third-order valence-corrected chi connectivity index (χ3v) is 10.4. The Hall–Kier alpha value is -5.45. The van der Waals surface area contributed by atoms with Crippen molar-refractivity contribution < 1.29 is 9.72 Å². The van der Waals surface area contributed by atoms with Crippen LogP contribution in [0.5, 0.6) is 0 Å². The minimum atomic E-state index is -0.419. The number of nitro benzene ring substituents is 1. The van der Waals surface area contributed by atoms with Crippen LogP contribution in [0.15, 0.2) is 130 Å². The molecule has 10 heteroatoms. The van der Waals surface area contributed by atoms with Gasteiger partial charge in [-0.15, -0.1) is 11.3 Å². The lowest BCUT2D eigenvalue weighted by Crippen LogP contribution is -2.24. The first-order valence-corrected chi connectivity index (χ1v) is 17.6. The van der Waals surface area contributed by atoms with E-state index in [-0.39, 0.29) is 11.6 Å². The van der Waals surface area contributed by atoms with Crippen molar-refractivity contribution in [3.63, 3.8) is 0 Å². The van der Waals surface area contributed by atoms with E-state index in [2.05, 4.69) is 5.32 Å². The number of aryl methyl sites for hydroxylation is 1. The van der Waals surface area contributed by atoms with Gasteiger partial charge >= 0.3 is 0 Å². The Kier molecular flexibility index (Phi) is 9.67. The van der Waals surface area contributed by atoms with Crippen molar-refractivity contribution in [3.05, 3.63) is 153 Å². The van der Waals surface area contributed by atoms with Crippen molar-refractivity contribution in [2.24, 2.45) is 4.99 Å². The average molecular weight is 682 g/mol. The number of nitrogens with zero attached hydrogens (tertiary/aromatic N) is 4. The molecule has 0 saturated carbocycles. The summed E-state index contributed by atoms with van der Waals surface area (Å²) in [4.78, 5) is 41.6. The lowest BCUT2D eigenvalue weighted by atomic mass is 9.95. The monoisotopic (exact) mass is 681 g/mol. The summed E-state index contributed by atoms with van der Waals surface area (Å²) in [5.74, 6) is -0.163. The van der Waals surface area contributed by atoms with Gasteiger partial charge in [0.2, 0.25) is 0 Å². The highest BCUT2D eigenvalue weighted by Crippen LogP contribution is 2.40. The number of benzene rings is 4. The van der Waals surface area contributed by atoms with Gasteiger partial charge in [-0.3, -0.25) is 14.9 Å². The Morgan fingerprint density at radius 2 is 1.49 bits per heavy atom. The molecule has 0 radical (unpaired) electrons. The first kappa shape index (κ1) is 32.1. The van der Waals surface area contributed by atoms with Gasteiger partial charge in [-0.25, -0.2) is 15.0 Å². The van der Waals surface area contributed by atoms with Gasteiger partial charge in [0.1, 0.15) is 5.00 Å². The quantitative estimate of drug-likeness (QED) is 0.0668. The topological polar surface area (TPSA) is 110 Å². The van der Waals surface area contributed by atoms with E-state index in [1.54, 1.807) is 12.3 Å². The van der Waals surface area contributed by atoms with Gasteiger partial charge < -0.3 is 5.32 Å². The number of thiophene rings is 1. The zero-order chi connectivity index (χ0) is 33.6. The highest BCUT2D eigenvalue weighted by Gasteiger charge is 2.25. The molecule has 242 valence electrons. The highest BCUT2D eigenvalue weighted by molar-refractivity contribution is 7.99. The summed E-state index contributed by atoms with van der Waals surface area (Å²) < 4.78 is 0. The molecule has 0 spiro atoms. The number of aromatic nitrogens is 2. The van der Waals surface area contributed by atoms with E-state index in [0.717, 1.165) is 59.3 Å². The van der Waals surface area contributed by atoms with Gasteiger partial charge in [0.25, 0.3) is 11.6 Å². The second-order valence-electron chi connectivity index (χ2n) is 11.6. The molecule has 2 aromatic heterocycles. The first-order chi connectivity index (χ1) is 24.0. The fourth-order valence-corrected chi connectivity index (χ4v) is 7.88. The van der Waals surface area contributed by atoms with Gasteiger partial charge in [-0.1, -0.05) is 91.0 Å². The number of nitrogens with one attached hydrogen (secondary N) is 1.